The number of carboxylic acids is 1. The highest BCUT2D eigenvalue weighted by Crippen LogP contribution is 2.28. The van der Waals surface area contributed by atoms with Crippen molar-refractivity contribution in [2.45, 2.75) is 37.6 Å². The predicted octanol–water partition coefficient (Wildman–Crippen LogP) is 1.78. The van der Waals surface area contributed by atoms with Crippen LogP contribution in [0.5, 0.6) is 0 Å². The number of carbonyl (C=O) groups is 1. The Morgan fingerprint density at radius 2 is 1.95 bits per heavy atom. The highest BCUT2D eigenvalue weighted by molar-refractivity contribution is 7.89. The molecule has 0 fully saturated rings. The first-order valence-electron chi connectivity index (χ1n) is 6.16. The summed E-state index contributed by atoms with van der Waals surface area (Å²) in [5.41, 5.74) is 5.03. The number of carboxylic acid groups (broad SMARTS) is 1. The number of hydrogen-bond donors (Lipinski definition) is 2. The van der Waals surface area contributed by atoms with Gasteiger partial charge in [0.2, 0.25) is 10.0 Å². The van der Waals surface area contributed by atoms with Gasteiger partial charge >= 0.3 is 5.97 Å². The lowest BCUT2D eigenvalue weighted by molar-refractivity contribution is 0.0697. The number of nitrogens with two attached hydrogens (primary N) is 1. The van der Waals surface area contributed by atoms with Gasteiger partial charge in [0.05, 0.1) is 11.3 Å². The van der Waals surface area contributed by atoms with Gasteiger partial charge in [-0.3, -0.25) is 0 Å². The van der Waals surface area contributed by atoms with Crippen LogP contribution in [-0.2, 0) is 10.0 Å². The largest absolute Gasteiger partial charge is 0.478 e. The Balaban J connectivity index is 3.34. The molecule has 0 saturated heterocycles. The van der Waals surface area contributed by atoms with Crippen molar-refractivity contribution in [2.75, 3.05) is 12.8 Å². The summed E-state index contributed by atoms with van der Waals surface area (Å²) >= 11 is 0. The molecule has 7 heteroatoms. The summed E-state index contributed by atoms with van der Waals surface area (Å²) in [5, 5.41) is 8.86. The molecule has 0 bridgehead atoms. The summed E-state index contributed by atoms with van der Waals surface area (Å²) in [7, 11) is -2.28. The lowest BCUT2D eigenvalue weighted by Crippen LogP contribution is -2.44. The maximum Gasteiger partial charge on any atom is 0.335 e. The third-order valence-corrected chi connectivity index (χ3v) is 5.76. The van der Waals surface area contributed by atoms with Crippen molar-refractivity contribution in [1.29, 1.82) is 0 Å². The lowest BCUT2D eigenvalue weighted by Gasteiger charge is -2.34. The Labute approximate surface area is 119 Å². The van der Waals surface area contributed by atoms with Crippen molar-refractivity contribution in [2.24, 2.45) is 0 Å². The van der Waals surface area contributed by atoms with Crippen molar-refractivity contribution < 1.29 is 18.3 Å². The number of nitrogens with zero attached hydrogens (tertiary/aromatic N) is 1. The average molecular weight is 300 g/mol. The minimum Gasteiger partial charge on any atom is -0.478 e. The van der Waals surface area contributed by atoms with Gasteiger partial charge < -0.3 is 10.8 Å². The fraction of sp³-hybridized carbons (Fsp3) is 0.462. The molecule has 0 spiro atoms. The van der Waals surface area contributed by atoms with Crippen LogP contribution in [0, 0.1) is 0 Å². The summed E-state index contributed by atoms with van der Waals surface area (Å²) in [6, 6.07) is 3.62. The highest BCUT2D eigenvalue weighted by Gasteiger charge is 2.33. The monoisotopic (exact) mass is 300 g/mol. The second kappa shape index (κ2) is 5.41. The summed E-state index contributed by atoms with van der Waals surface area (Å²) in [4.78, 5) is 10.8. The Bertz CT molecular complexity index is 623. The smallest absolute Gasteiger partial charge is 0.335 e. The maximum atomic E-state index is 12.5. The van der Waals surface area contributed by atoms with E-state index in [0.29, 0.717) is 6.42 Å². The van der Waals surface area contributed by atoms with Gasteiger partial charge in [0.25, 0.3) is 0 Å². The van der Waals surface area contributed by atoms with E-state index in [1.165, 1.54) is 23.5 Å². The second-order valence-corrected chi connectivity index (χ2v) is 7.13. The van der Waals surface area contributed by atoms with E-state index >= 15 is 0 Å². The number of hydrogen-bond acceptors (Lipinski definition) is 4. The molecule has 1 aromatic rings. The van der Waals surface area contributed by atoms with Crippen LogP contribution < -0.4 is 5.73 Å². The van der Waals surface area contributed by atoms with E-state index in [4.69, 9.17) is 10.8 Å². The topological polar surface area (TPSA) is 101 Å². The van der Waals surface area contributed by atoms with Crippen LogP contribution in [0.4, 0.5) is 5.69 Å². The standard InChI is InChI=1S/C13H20N2O4S/c1-5-13(2,3)15(4)20(18,19)11-7-6-9(12(16)17)8-10(11)14/h6-8H,5,14H2,1-4H3,(H,16,17). The number of sulfonamides is 1. The molecule has 0 heterocycles. The van der Waals surface area contributed by atoms with Gasteiger partial charge in [0, 0.05) is 12.6 Å². The van der Waals surface area contributed by atoms with Gasteiger partial charge in [-0.1, -0.05) is 6.92 Å². The minimum atomic E-state index is -3.77. The van der Waals surface area contributed by atoms with E-state index in [9.17, 15) is 13.2 Å². The number of benzene rings is 1. The van der Waals surface area contributed by atoms with Gasteiger partial charge in [0.1, 0.15) is 4.90 Å². The zero-order valence-electron chi connectivity index (χ0n) is 12.0. The summed E-state index contributed by atoms with van der Waals surface area (Å²) < 4.78 is 26.3. The van der Waals surface area contributed by atoms with Crippen LogP contribution in [-0.4, -0.2) is 36.4 Å². The van der Waals surface area contributed by atoms with E-state index in [2.05, 4.69) is 0 Å². The van der Waals surface area contributed by atoms with E-state index in [1.807, 2.05) is 20.8 Å². The minimum absolute atomic E-state index is 0.0427. The third-order valence-electron chi connectivity index (χ3n) is 3.61. The zero-order chi connectivity index (χ0) is 15.7. The molecule has 3 N–H and O–H groups in total. The Kier molecular flexibility index (Phi) is 4.45. The van der Waals surface area contributed by atoms with Crippen molar-refractivity contribution in [3.05, 3.63) is 23.8 Å². The Hall–Kier alpha value is -1.60. The normalized spacial score (nSPS) is 12.7. The first-order valence-corrected chi connectivity index (χ1v) is 7.60. The van der Waals surface area contributed by atoms with Crippen LogP contribution in [0.15, 0.2) is 23.1 Å². The van der Waals surface area contributed by atoms with E-state index in [-0.39, 0.29) is 16.1 Å². The molecule has 0 atom stereocenters. The fourth-order valence-corrected chi connectivity index (χ4v) is 3.28. The van der Waals surface area contributed by atoms with E-state index in [0.717, 1.165) is 6.07 Å². The molecule has 0 aliphatic rings. The molecule has 20 heavy (non-hydrogen) atoms. The van der Waals surface area contributed by atoms with Crippen molar-refractivity contribution >= 4 is 21.7 Å². The summed E-state index contributed by atoms with van der Waals surface area (Å²) in [6.45, 7) is 5.52. The maximum absolute atomic E-state index is 12.5. The fourth-order valence-electron chi connectivity index (χ4n) is 1.61. The molecule has 0 amide bonds. The van der Waals surface area contributed by atoms with Crippen molar-refractivity contribution in [1.82, 2.24) is 4.31 Å². The van der Waals surface area contributed by atoms with Gasteiger partial charge in [-0.25, -0.2) is 13.2 Å². The summed E-state index contributed by atoms with van der Waals surface area (Å²) in [5.74, 6) is -1.15. The van der Waals surface area contributed by atoms with Crippen molar-refractivity contribution in [3.63, 3.8) is 0 Å². The molecular weight excluding hydrogens is 280 g/mol. The number of aromatic carboxylic acids is 1. The van der Waals surface area contributed by atoms with Crippen LogP contribution in [0.3, 0.4) is 0 Å². The SMILES string of the molecule is CCC(C)(C)N(C)S(=O)(=O)c1ccc(C(=O)O)cc1N. The van der Waals surface area contributed by atoms with Crippen LogP contribution in [0.2, 0.25) is 0 Å². The molecule has 0 aromatic heterocycles. The molecule has 0 aliphatic heterocycles. The van der Waals surface area contributed by atoms with Gasteiger partial charge in [0.15, 0.2) is 0 Å². The van der Waals surface area contributed by atoms with Crippen molar-refractivity contribution in [3.8, 4) is 0 Å². The Morgan fingerprint density at radius 1 is 1.40 bits per heavy atom. The number of rotatable bonds is 5. The van der Waals surface area contributed by atoms with E-state index in [1.54, 1.807) is 0 Å². The predicted molar refractivity (Wildman–Crippen MR) is 77.1 cm³/mol. The Morgan fingerprint density at radius 3 is 2.35 bits per heavy atom. The average Bonchev–Trinajstić information content (AvgIpc) is 2.37. The molecule has 112 valence electrons. The molecule has 1 aromatic carbocycles. The molecular formula is C13H20N2O4S. The number of anilines is 1. The first-order chi connectivity index (χ1) is 9.04. The molecule has 1 rings (SSSR count). The van der Waals surface area contributed by atoms with Crippen LogP contribution in [0.25, 0.3) is 0 Å². The van der Waals surface area contributed by atoms with Gasteiger partial charge in [-0.15, -0.1) is 0 Å². The highest BCUT2D eigenvalue weighted by atomic mass is 32.2. The molecule has 0 saturated carbocycles. The molecule has 0 unspecified atom stereocenters. The van der Waals surface area contributed by atoms with Gasteiger partial charge in [-0.05, 0) is 38.5 Å². The molecule has 6 nitrogen and oxygen atoms in total. The lowest BCUT2D eigenvalue weighted by atomic mass is 10.0. The van der Waals surface area contributed by atoms with Crippen LogP contribution >= 0.6 is 0 Å². The number of nitrogen functional groups attached to an aromatic ring is 1. The van der Waals surface area contributed by atoms with Gasteiger partial charge in [-0.2, -0.15) is 4.31 Å². The van der Waals surface area contributed by atoms with E-state index < -0.39 is 21.5 Å². The molecule has 0 aliphatic carbocycles. The zero-order valence-corrected chi connectivity index (χ0v) is 12.9. The quantitative estimate of drug-likeness (QED) is 0.807. The first kappa shape index (κ1) is 16.5. The summed E-state index contributed by atoms with van der Waals surface area (Å²) in [6.07, 6.45) is 0.635. The second-order valence-electron chi connectivity index (χ2n) is 5.20. The van der Waals surface area contributed by atoms with Crippen LogP contribution in [0.1, 0.15) is 37.6 Å². The molecule has 0 radical (unpaired) electrons. The third kappa shape index (κ3) is 2.94.